The van der Waals surface area contributed by atoms with Gasteiger partial charge < -0.3 is 34.2 Å². The van der Waals surface area contributed by atoms with Crippen molar-refractivity contribution in [3.8, 4) is 0 Å². The molecule has 0 fully saturated rings. The molecule has 0 amide bonds. The van der Waals surface area contributed by atoms with Crippen LogP contribution in [-0.4, -0.2) is 95.9 Å². The summed E-state index contributed by atoms with van der Waals surface area (Å²) in [6.45, 7) is 2.43. The zero-order chi connectivity index (χ0) is 78.0. The molecule has 16 nitrogen and oxygen atoms in total. The summed E-state index contributed by atoms with van der Waals surface area (Å²) in [6.07, 6.45) is 101. The Morgan fingerprint density at radius 3 is 0.804 bits per heavy atom. The lowest BCUT2D eigenvalue weighted by Crippen LogP contribution is -2.30. The van der Waals surface area contributed by atoms with Crippen LogP contribution in [0, 0.1) is 0 Å². The summed E-state index contributed by atoms with van der Waals surface area (Å²) in [5, 5.41) is 20.7. The highest BCUT2D eigenvalue weighted by atomic mass is 31.2. The number of rotatable bonds is 79. The number of aliphatic hydroxyl groups excluding tert-OH is 2. The Bertz CT molecular complexity index is 2530. The van der Waals surface area contributed by atoms with E-state index in [0.717, 1.165) is 135 Å². The van der Waals surface area contributed by atoms with Crippen LogP contribution in [0.3, 0.4) is 0 Å². The summed E-state index contributed by atoms with van der Waals surface area (Å²) >= 11 is 0. The molecular weight excluding hydrogens is 1390 g/mol. The van der Waals surface area contributed by atoms with Gasteiger partial charge in [-0.15, -0.1) is 0 Å². The number of phosphoric ester groups is 2. The molecule has 5 atom stereocenters. The van der Waals surface area contributed by atoms with E-state index in [0.29, 0.717) is 19.3 Å². The average molecular weight is 1540 g/mol. The van der Waals surface area contributed by atoms with Gasteiger partial charge >= 0.3 is 33.6 Å². The smallest absolute Gasteiger partial charge is 0.463 e. The summed E-state index contributed by atoms with van der Waals surface area (Å²) in [7, 11) is -9.80. The van der Waals surface area contributed by atoms with Gasteiger partial charge in [0.2, 0.25) is 0 Å². The molecule has 0 aromatic heterocycles. The van der Waals surface area contributed by atoms with Gasteiger partial charge in [0, 0.05) is 19.3 Å². The SMILES string of the molecule is CC/C=C\C/C=C\C/C=C\C/C=C\C/C=C\C/C=C\CCCCCCCCCCCCCCCCCCC(=O)OCC(O)COP(=O)(O)OCC(O)COP(=O)(O)OCC(COC(=O)CCCC/C=C\C/C=C\C/C=C\C/C=C\C/C=C\C/C=C\CC)OC(=O)CCCCCCCCCCCCCCCCC. The van der Waals surface area contributed by atoms with Crippen molar-refractivity contribution in [2.45, 2.75) is 360 Å². The minimum absolute atomic E-state index is 0.0957. The van der Waals surface area contributed by atoms with Crippen LogP contribution in [0.25, 0.3) is 0 Å². The van der Waals surface area contributed by atoms with Crippen LogP contribution in [0.15, 0.2) is 146 Å². The van der Waals surface area contributed by atoms with Crippen LogP contribution in [0.1, 0.15) is 342 Å². The number of hydrogen-bond acceptors (Lipinski definition) is 14. The molecule has 0 spiro atoms. The van der Waals surface area contributed by atoms with Crippen LogP contribution in [0.2, 0.25) is 0 Å². The predicted molar refractivity (Wildman–Crippen MR) is 445 cm³/mol. The maximum Gasteiger partial charge on any atom is 0.472 e. The van der Waals surface area contributed by atoms with E-state index in [1.165, 1.54) is 148 Å². The lowest BCUT2D eigenvalue weighted by atomic mass is 10.0. The van der Waals surface area contributed by atoms with E-state index in [4.69, 9.17) is 32.3 Å². The third-order valence-corrected chi connectivity index (χ3v) is 19.5. The number of unbranched alkanes of at least 4 members (excludes halogenated alkanes) is 32. The molecule has 0 radical (unpaired) electrons. The Morgan fingerprint density at radius 2 is 0.495 bits per heavy atom. The average Bonchev–Trinajstić information content (AvgIpc) is 0.906. The molecule has 0 bridgehead atoms. The molecular formula is C89H152O16P2. The van der Waals surface area contributed by atoms with Gasteiger partial charge in [0.1, 0.15) is 25.4 Å². The van der Waals surface area contributed by atoms with E-state index >= 15 is 0 Å². The van der Waals surface area contributed by atoms with E-state index in [1.54, 1.807) is 0 Å². The first-order valence-corrected chi connectivity index (χ1v) is 45.1. The fraction of sp³-hybridized carbons (Fsp3) is 0.697. The molecule has 0 saturated heterocycles. The van der Waals surface area contributed by atoms with Crippen molar-refractivity contribution >= 4 is 33.6 Å². The number of allylic oxidation sites excluding steroid dienone is 24. The first-order valence-electron chi connectivity index (χ1n) is 42.1. The van der Waals surface area contributed by atoms with Crippen LogP contribution < -0.4 is 0 Å². The van der Waals surface area contributed by atoms with Crippen molar-refractivity contribution in [3.05, 3.63) is 146 Å². The van der Waals surface area contributed by atoms with Crippen molar-refractivity contribution in [1.82, 2.24) is 0 Å². The highest BCUT2D eigenvalue weighted by Gasteiger charge is 2.29. The van der Waals surface area contributed by atoms with Gasteiger partial charge in [-0.3, -0.25) is 32.5 Å². The van der Waals surface area contributed by atoms with Crippen molar-refractivity contribution < 1.29 is 75.8 Å². The number of carbonyl (C=O) groups is 3. The number of ether oxygens (including phenoxy) is 3. The standard InChI is InChI=1S/C89H152O16P2/c1-4-7-10-13-16-19-22-25-28-30-32-34-35-36-37-38-39-40-41-42-43-44-45-46-47-49-51-52-55-57-60-63-66-69-72-75-87(92)99-78-84(90)79-101-106(95,96)102-80-85(91)81-103-107(97,98)104-83-86(105-89(94)77-74-71-68-65-62-59-54-27-24-21-18-15-12-9-6-3)82-100-88(93)76-73-70-67-64-61-58-56-53-50-48-33-31-29-26-23-20-17-14-11-8-5-2/h7-8,10-11,16-17,19-20,25-26,28-29,32-34,36-37,39-40,48,53,56,61,64,84-86,90-91H,4-6,9,12-15,18,21-24,27,30-31,35,38,41-47,49-52,54-55,57-60,62-63,65-83H2,1-3H3,(H,95,96)(H,97,98)/b10-7-,11-8-,19-16-,20-17-,28-25-,29-26-,34-32-,37-36-,40-39-,48-33-,56-53-,64-61-. The number of phosphoric acid groups is 2. The second-order valence-corrected chi connectivity index (χ2v) is 30.8. The van der Waals surface area contributed by atoms with Crippen molar-refractivity contribution in [2.24, 2.45) is 0 Å². The van der Waals surface area contributed by atoms with Crippen LogP contribution >= 0.6 is 15.6 Å². The third-order valence-electron chi connectivity index (χ3n) is 17.6. The highest BCUT2D eigenvalue weighted by molar-refractivity contribution is 7.47. The molecule has 0 aromatic rings. The fourth-order valence-electron chi connectivity index (χ4n) is 11.2. The van der Waals surface area contributed by atoms with Crippen molar-refractivity contribution in [1.29, 1.82) is 0 Å². The Labute approximate surface area is 651 Å². The van der Waals surface area contributed by atoms with Gasteiger partial charge in [-0.25, -0.2) is 9.13 Å². The summed E-state index contributed by atoms with van der Waals surface area (Å²) in [6, 6.07) is 0. The topological polar surface area (TPSA) is 231 Å². The van der Waals surface area contributed by atoms with Crippen LogP contribution in [0.4, 0.5) is 0 Å². The maximum atomic E-state index is 13.0. The molecule has 0 aromatic carbocycles. The Kier molecular flexibility index (Phi) is 77.5. The van der Waals surface area contributed by atoms with E-state index in [1.807, 2.05) is 0 Å². The van der Waals surface area contributed by atoms with Gasteiger partial charge in [-0.05, 0) is 122 Å². The van der Waals surface area contributed by atoms with Gasteiger partial charge in [-0.2, -0.15) is 0 Å². The minimum atomic E-state index is -4.94. The molecule has 107 heavy (non-hydrogen) atoms. The molecule has 18 heteroatoms. The zero-order valence-electron chi connectivity index (χ0n) is 67.3. The molecule has 614 valence electrons. The van der Waals surface area contributed by atoms with Gasteiger partial charge in [0.15, 0.2) is 6.10 Å². The minimum Gasteiger partial charge on any atom is -0.463 e. The Morgan fingerprint density at radius 1 is 0.271 bits per heavy atom. The number of aliphatic hydroxyl groups is 2. The van der Waals surface area contributed by atoms with E-state index in [9.17, 15) is 43.5 Å². The number of hydrogen-bond donors (Lipinski definition) is 4. The van der Waals surface area contributed by atoms with E-state index < -0.39 is 91.5 Å². The summed E-state index contributed by atoms with van der Waals surface area (Å²) in [5.74, 6) is -1.62. The third kappa shape index (κ3) is 82.2. The van der Waals surface area contributed by atoms with Crippen molar-refractivity contribution in [3.63, 3.8) is 0 Å². The summed E-state index contributed by atoms with van der Waals surface area (Å²) in [4.78, 5) is 58.7. The predicted octanol–water partition coefficient (Wildman–Crippen LogP) is 25.2. The number of carbonyl (C=O) groups excluding carboxylic acids is 3. The molecule has 0 rings (SSSR count). The second kappa shape index (κ2) is 80.9. The van der Waals surface area contributed by atoms with Crippen LogP contribution in [-0.2, 0) is 55.8 Å². The second-order valence-electron chi connectivity index (χ2n) is 27.9. The summed E-state index contributed by atoms with van der Waals surface area (Å²) in [5.41, 5.74) is 0. The monoisotopic (exact) mass is 1540 g/mol. The first kappa shape index (κ1) is 102. The molecule has 5 unspecified atom stereocenters. The normalized spacial score (nSPS) is 14.6. The van der Waals surface area contributed by atoms with Crippen LogP contribution in [0.5, 0.6) is 0 Å². The molecule has 0 aliphatic rings. The summed E-state index contributed by atoms with van der Waals surface area (Å²) < 4.78 is 61.2. The van der Waals surface area contributed by atoms with Gasteiger partial charge in [0.25, 0.3) is 0 Å². The van der Waals surface area contributed by atoms with Gasteiger partial charge in [-0.1, -0.05) is 346 Å². The molecule has 0 aliphatic heterocycles. The van der Waals surface area contributed by atoms with Gasteiger partial charge in [0.05, 0.1) is 26.4 Å². The lowest BCUT2D eigenvalue weighted by Gasteiger charge is -2.21. The lowest BCUT2D eigenvalue weighted by molar-refractivity contribution is -0.161. The van der Waals surface area contributed by atoms with E-state index in [2.05, 4.69) is 167 Å². The quantitative estimate of drug-likeness (QED) is 0.0146. The Hall–Kier alpha value is -4.57. The molecule has 0 heterocycles. The molecule has 4 N–H and O–H groups in total. The Balaban J connectivity index is 4.46. The highest BCUT2D eigenvalue weighted by Crippen LogP contribution is 2.45. The molecule has 0 saturated carbocycles. The van der Waals surface area contributed by atoms with E-state index in [-0.39, 0.29) is 19.3 Å². The maximum absolute atomic E-state index is 13.0. The fourth-order valence-corrected chi connectivity index (χ4v) is 12.8. The molecule has 0 aliphatic carbocycles. The zero-order valence-corrected chi connectivity index (χ0v) is 69.1. The van der Waals surface area contributed by atoms with Crippen molar-refractivity contribution in [2.75, 3.05) is 39.6 Å². The first-order chi connectivity index (χ1) is 52.2. The number of esters is 3. The largest absolute Gasteiger partial charge is 0.472 e.